The van der Waals surface area contributed by atoms with E-state index >= 15 is 0 Å². The monoisotopic (exact) mass is 306 g/mol. The molecule has 5 nitrogen and oxygen atoms in total. The molecule has 0 saturated heterocycles. The summed E-state index contributed by atoms with van der Waals surface area (Å²) in [7, 11) is 0. The van der Waals surface area contributed by atoms with Crippen molar-refractivity contribution in [3.8, 4) is 0 Å². The van der Waals surface area contributed by atoms with Crippen LogP contribution in [0.25, 0.3) is 0 Å². The summed E-state index contributed by atoms with van der Waals surface area (Å²) in [6.45, 7) is -0.498. The molecule has 0 spiro atoms. The summed E-state index contributed by atoms with van der Waals surface area (Å²) in [4.78, 5) is 11.3. The Morgan fingerprint density at radius 3 is 2.82 bits per heavy atom. The van der Waals surface area contributed by atoms with E-state index in [-0.39, 0.29) is 6.54 Å². The Morgan fingerprint density at radius 1 is 1.53 bits per heavy atom. The van der Waals surface area contributed by atoms with E-state index in [0.29, 0.717) is 10.2 Å². The van der Waals surface area contributed by atoms with Crippen molar-refractivity contribution in [1.29, 1.82) is 0 Å². The van der Waals surface area contributed by atoms with Crippen molar-refractivity contribution < 1.29 is 19.4 Å². The summed E-state index contributed by atoms with van der Waals surface area (Å²) >= 11 is 3.10. The second-order valence-corrected chi connectivity index (χ2v) is 4.15. The smallest absolute Gasteiger partial charge is 0.319 e. The van der Waals surface area contributed by atoms with E-state index in [4.69, 9.17) is 10.2 Å². The van der Waals surface area contributed by atoms with Gasteiger partial charge >= 0.3 is 6.03 Å². The van der Waals surface area contributed by atoms with E-state index in [1.54, 1.807) is 0 Å². The van der Waals surface area contributed by atoms with Crippen molar-refractivity contribution in [2.24, 2.45) is 0 Å². The standard InChI is InChI=1S/C10H12BrFN2O3/c11-8-3-6(12)1-2-9(8)14-10(17)13-4-7(16)5-15/h1-3,7,15-16H,4-5H2,(H2,13,14,17). The molecule has 0 aliphatic rings. The van der Waals surface area contributed by atoms with Gasteiger partial charge in [-0.25, -0.2) is 9.18 Å². The van der Waals surface area contributed by atoms with Crippen LogP contribution in [0.5, 0.6) is 0 Å². The highest BCUT2D eigenvalue weighted by Crippen LogP contribution is 2.22. The number of anilines is 1. The fourth-order valence-electron chi connectivity index (χ4n) is 1.03. The lowest BCUT2D eigenvalue weighted by Crippen LogP contribution is -2.36. The van der Waals surface area contributed by atoms with Gasteiger partial charge in [-0.05, 0) is 34.1 Å². The first-order valence-corrected chi connectivity index (χ1v) is 5.61. The summed E-state index contributed by atoms with van der Waals surface area (Å²) in [5, 5.41) is 22.4. The molecule has 0 aliphatic heterocycles. The van der Waals surface area contributed by atoms with E-state index in [1.165, 1.54) is 18.2 Å². The van der Waals surface area contributed by atoms with Gasteiger partial charge in [-0.2, -0.15) is 0 Å². The zero-order valence-corrected chi connectivity index (χ0v) is 10.4. The number of halogens is 2. The highest BCUT2D eigenvalue weighted by atomic mass is 79.9. The van der Waals surface area contributed by atoms with Gasteiger partial charge in [0.1, 0.15) is 5.82 Å². The SMILES string of the molecule is O=C(NCC(O)CO)Nc1ccc(F)cc1Br. The second-order valence-electron chi connectivity index (χ2n) is 3.30. The minimum absolute atomic E-state index is 0.0683. The quantitative estimate of drug-likeness (QED) is 0.671. The average Bonchev–Trinajstić information content (AvgIpc) is 2.29. The van der Waals surface area contributed by atoms with E-state index in [1.807, 2.05) is 0 Å². The van der Waals surface area contributed by atoms with Gasteiger partial charge in [0.05, 0.1) is 18.4 Å². The van der Waals surface area contributed by atoms with Crippen LogP contribution in [0.1, 0.15) is 0 Å². The number of amides is 2. The molecule has 1 aromatic rings. The molecule has 1 atom stereocenters. The summed E-state index contributed by atoms with van der Waals surface area (Å²) in [6.07, 6.45) is -1.00. The Kier molecular flexibility index (Phi) is 5.33. The lowest BCUT2D eigenvalue weighted by molar-refractivity contribution is 0.0965. The Morgan fingerprint density at radius 2 is 2.24 bits per heavy atom. The van der Waals surface area contributed by atoms with Crippen LogP contribution in [-0.2, 0) is 0 Å². The number of aliphatic hydroxyl groups excluding tert-OH is 2. The van der Waals surface area contributed by atoms with Crippen LogP contribution in [-0.4, -0.2) is 35.5 Å². The Bertz CT molecular complexity index is 403. The zero-order chi connectivity index (χ0) is 12.8. The fourth-order valence-corrected chi connectivity index (χ4v) is 1.48. The van der Waals surface area contributed by atoms with E-state index in [2.05, 4.69) is 26.6 Å². The highest BCUT2D eigenvalue weighted by molar-refractivity contribution is 9.10. The summed E-state index contributed by atoms with van der Waals surface area (Å²) in [5.74, 6) is -0.418. The molecule has 0 radical (unpaired) electrons. The number of carbonyl (C=O) groups is 1. The molecule has 0 aromatic heterocycles. The molecule has 2 amide bonds. The molecule has 94 valence electrons. The van der Waals surface area contributed by atoms with E-state index in [9.17, 15) is 9.18 Å². The van der Waals surface area contributed by atoms with Gasteiger partial charge in [0.2, 0.25) is 0 Å². The lowest BCUT2D eigenvalue weighted by Gasteiger charge is -2.11. The molecule has 4 N–H and O–H groups in total. The molecule has 1 unspecified atom stereocenters. The van der Waals surface area contributed by atoms with Crippen molar-refractivity contribution in [2.45, 2.75) is 6.10 Å². The molecule has 0 saturated carbocycles. The fraction of sp³-hybridized carbons (Fsp3) is 0.300. The molecule has 0 aliphatic carbocycles. The van der Waals surface area contributed by atoms with Crippen LogP contribution >= 0.6 is 15.9 Å². The number of urea groups is 1. The van der Waals surface area contributed by atoms with Gasteiger partial charge < -0.3 is 20.8 Å². The number of hydrogen-bond acceptors (Lipinski definition) is 3. The number of benzene rings is 1. The minimum Gasteiger partial charge on any atom is -0.394 e. The van der Waals surface area contributed by atoms with Gasteiger partial charge in [0, 0.05) is 11.0 Å². The normalized spacial score (nSPS) is 12.0. The summed E-state index contributed by atoms with van der Waals surface area (Å²) in [5.41, 5.74) is 0.405. The van der Waals surface area contributed by atoms with Crippen LogP contribution < -0.4 is 10.6 Å². The molecule has 1 aromatic carbocycles. The van der Waals surface area contributed by atoms with E-state index < -0.39 is 24.6 Å². The Balaban J connectivity index is 2.50. The molecule has 17 heavy (non-hydrogen) atoms. The largest absolute Gasteiger partial charge is 0.394 e. The van der Waals surface area contributed by atoms with Gasteiger partial charge in [0.25, 0.3) is 0 Å². The highest BCUT2D eigenvalue weighted by Gasteiger charge is 2.08. The first-order valence-electron chi connectivity index (χ1n) is 4.81. The maximum atomic E-state index is 12.8. The third-order valence-electron chi connectivity index (χ3n) is 1.89. The van der Waals surface area contributed by atoms with Crippen LogP contribution in [0.4, 0.5) is 14.9 Å². The molecular formula is C10H12BrFN2O3. The Hall–Kier alpha value is -1.18. The summed E-state index contributed by atoms with van der Waals surface area (Å²) < 4.78 is 13.2. The van der Waals surface area contributed by atoms with Crippen LogP contribution in [0.15, 0.2) is 22.7 Å². The third-order valence-corrected chi connectivity index (χ3v) is 2.54. The lowest BCUT2D eigenvalue weighted by atomic mass is 10.3. The number of nitrogens with one attached hydrogen (secondary N) is 2. The van der Waals surface area contributed by atoms with Crippen molar-refractivity contribution >= 4 is 27.6 Å². The molecule has 7 heteroatoms. The first-order chi connectivity index (χ1) is 8.02. The van der Waals surface area contributed by atoms with Gasteiger partial charge in [0.15, 0.2) is 0 Å². The van der Waals surface area contributed by atoms with Gasteiger partial charge in [-0.1, -0.05) is 0 Å². The molecule has 0 fully saturated rings. The Labute approximate surface area is 106 Å². The van der Waals surface area contributed by atoms with Crippen LogP contribution in [0, 0.1) is 5.82 Å². The number of carbonyl (C=O) groups excluding carboxylic acids is 1. The predicted octanol–water partition coefficient (Wildman–Crippen LogP) is 1.06. The second kappa shape index (κ2) is 6.53. The van der Waals surface area contributed by atoms with Crippen LogP contribution in [0.3, 0.4) is 0 Å². The number of hydrogen-bond donors (Lipinski definition) is 4. The number of rotatable bonds is 4. The molecule has 0 bridgehead atoms. The maximum Gasteiger partial charge on any atom is 0.319 e. The van der Waals surface area contributed by atoms with E-state index in [0.717, 1.165) is 0 Å². The first kappa shape index (κ1) is 13.9. The van der Waals surface area contributed by atoms with Crippen molar-refractivity contribution in [3.63, 3.8) is 0 Å². The maximum absolute atomic E-state index is 12.8. The van der Waals surface area contributed by atoms with Crippen LogP contribution in [0.2, 0.25) is 0 Å². The van der Waals surface area contributed by atoms with Gasteiger partial charge in [-0.3, -0.25) is 0 Å². The van der Waals surface area contributed by atoms with Crippen molar-refractivity contribution in [3.05, 3.63) is 28.5 Å². The zero-order valence-electron chi connectivity index (χ0n) is 8.78. The average molecular weight is 307 g/mol. The summed E-state index contributed by atoms with van der Waals surface area (Å²) in [6, 6.07) is 3.28. The topological polar surface area (TPSA) is 81.6 Å². The number of aliphatic hydroxyl groups is 2. The molecule has 1 rings (SSSR count). The molecule has 0 heterocycles. The third kappa shape index (κ3) is 4.68. The molecular weight excluding hydrogens is 295 g/mol. The van der Waals surface area contributed by atoms with Crippen molar-refractivity contribution in [1.82, 2.24) is 5.32 Å². The predicted molar refractivity (Wildman–Crippen MR) is 64.2 cm³/mol. The minimum atomic E-state index is -1.00. The van der Waals surface area contributed by atoms with Gasteiger partial charge in [-0.15, -0.1) is 0 Å². The van der Waals surface area contributed by atoms with Crippen molar-refractivity contribution in [2.75, 3.05) is 18.5 Å².